The Balaban J connectivity index is 1.84. The smallest absolute Gasteiger partial charge is 0.274 e. The molecule has 3 rings (SSSR count). The van der Waals surface area contributed by atoms with E-state index < -0.39 is 10.3 Å². The van der Waals surface area contributed by atoms with Crippen LogP contribution in [0, 0.1) is 28.4 Å². The van der Waals surface area contributed by atoms with E-state index in [2.05, 4.69) is 11.4 Å². The van der Waals surface area contributed by atoms with E-state index in [4.69, 9.17) is 0 Å². The normalized spacial score (nSPS) is 14.5. The molecule has 1 saturated carbocycles. The topological polar surface area (TPSA) is 96.0 Å². The van der Waals surface area contributed by atoms with Crippen LogP contribution < -0.4 is 5.32 Å². The van der Waals surface area contributed by atoms with Crippen molar-refractivity contribution in [2.24, 2.45) is 0 Å². The predicted octanol–water partition coefficient (Wildman–Crippen LogP) is 3.71. The van der Waals surface area contributed by atoms with Crippen LogP contribution in [0.1, 0.15) is 34.3 Å². The number of benzene rings is 2. The number of amides is 1. The number of nitrogens with one attached hydrogen (secondary N) is 1. The van der Waals surface area contributed by atoms with Crippen molar-refractivity contribution in [1.29, 1.82) is 5.26 Å². The molecule has 0 aliphatic heterocycles. The van der Waals surface area contributed by atoms with Gasteiger partial charge in [0.2, 0.25) is 0 Å². The van der Waals surface area contributed by atoms with Crippen LogP contribution in [0.5, 0.6) is 0 Å². The molecule has 0 unspecified atom stereocenters. The van der Waals surface area contributed by atoms with Gasteiger partial charge in [-0.15, -0.1) is 0 Å². The Hall–Kier alpha value is -3.20. The first kappa shape index (κ1) is 15.7. The maximum atomic E-state index is 12.4. The number of hydrogen-bond donors (Lipinski definition) is 1. The molecule has 0 radical (unpaired) electrons. The van der Waals surface area contributed by atoms with E-state index in [-0.39, 0.29) is 11.6 Å². The first-order valence-electron chi connectivity index (χ1n) is 7.53. The van der Waals surface area contributed by atoms with Crippen molar-refractivity contribution < 1.29 is 9.72 Å². The van der Waals surface area contributed by atoms with E-state index in [1.807, 2.05) is 6.07 Å². The van der Waals surface area contributed by atoms with Crippen LogP contribution in [-0.2, 0) is 5.41 Å². The number of nitriles is 1. The average Bonchev–Trinajstić information content (AvgIpc) is 3.38. The van der Waals surface area contributed by atoms with Crippen LogP contribution in [0.2, 0.25) is 0 Å². The fraction of sp³-hybridized carbons (Fsp3) is 0.222. The molecule has 6 heteroatoms. The molecule has 2 aromatic rings. The van der Waals surface area contributed by atoms with E-state index in [0.29, 0.717) is 16.8 Å². The van der Waals surface area contributed by atoms with E-state index >= 15 is 0 Å². The van der Waals surface area contributed by atoms with Gasteiger partial charge < -0.3 is 5.32 Å². The van der Waals surface area contributed by atoms with Gasteiger partial charge in [0.1, 0.15) is 0 Å². The van der Waals surface area contributed by atoms with Crippen molar-refractivity contribution >= 4 is 17.3 Å². The maximum Gasteiger partial charge on any atom is 0.274 e. The molecule has 2 aromatic carbocycles. The number of rotatable bonds is 4. The van der Waals surface area contributed by atoms with E-state index in [1.165, 1.54) is 6.07 Å². The maximum absolute atomic E-state index is 12.4. The van der Waals surface area contributed by atoms with Crippen LogP contribution in [0.15, 0.2) is 42.5 Å². The lowest BCUT2D eigenvalue weighted by atomic mass is 9.96. The highest BCUT2D eigenvalue weighted by Crippen LogP contribution is 2.47. The molecule has 120 valence electrons. The minimum absolute atomic E-state index is 0.0389. The van der Waals surface area contributed by atoms with Gasteiger partial charge in [-0.3, -0.25) is 14.9 Å². The van der Waals surface area contributed by atoms with Gasteiger partial charge in [0, 0.05) is 22.9 Å². The molecule has 0 aromatic heterocycles. The molecule has 0 heterocycles. The number of hydrogen-bond acceptors (Lipinski definition) is 4. The number of aryl methyl sites for hydroxylation is 1. The Kier molecular flexibility index (Phi) is 3.78. The van der Waals surface area contributed by atoms with Gasteiger partial charge in [-0.2, -0.15) is 5.26 Å². The van der Waals surface area contributed by atoms with Gasteiger partial charge in [0.15, 0.2) is 0 Å². The summed E-state index contributed by atoms with van der Waals surface area (Å²) in [5.74, 6) is -0.358. The second kappa shape index (κ2) is 5.78. The molecular weight excluding hydrogens is 306 g/mol. The van der Waals surface area contributed by atoms with Gasteiger partial charge in [-0.25, -0.2) is 0 Å². The second-order valence-electron chi connectivity index (χ2n) is 5.99. The van der Waals surface area contributed by atoms with Crippen molar-refractivity contribution in [3.63, 3.8) is 0 Å². The highest BCUT2D eigenvalue weighted by Gasteiger charge is 2.44. The Labute approximate surface area is 138 Å². The number of nitro benzene ring substituents is 1. The largest absolute Gasteiger partial charge is 0.322 e. The summed E-state index contributed by atoms with van der Waals surface area (Å²) in [4.78, 5) is 22.9. The molecule has 24 heavy (non-hydrogen) atoms. The Morgan fingerprint density at radius 1 is 1.29 bits per heavy atom. The summed E-state index contributed by atoms with van der Waals surface area (Å²) in [6.07, 6.45) is 1.61. The molecule has 0 saturated heterocycles. The van der Waals surface area contributed by atoms with Crippen molar-refractivity contribution in [3.8, 4) is 6.07 Å². The Morgan fingerprint density at radius 3 is 2.67 bits per heavy atom. The molecule has 0 spiro atoms. The van der Waals surface area contributed by atoms with E-state index in [0.717, 1.165) is 18.4 Å². The molecule has 1 N–H and O–H groups in total. The summed E-state index contributed by atoms with van der Waals surface area (Å²) in [6.45, 7) is 1.64. The van der Waals surface area contributed by atoms with Crippen molar-refractivity contribution in [1.82, 2.24) is 0 Å². The summed E-state index contributed by atoms with van der Waals surface area (Å²) >= 11 is 0. The summed E-state index contributed by atoms with van der Waals surface area (Å²) in [5, 5.41) is 22.9. The lowest BCUT2D eigenvalue weighted by molar-refractivity contribution is -0.385. The molecule has 1 aliphatic carbocycles. The first-order chi connectivity index (χ1) is 11.4. The van der Waals surface area contributed by atoms with Crippen LogP contribution >= 0.6 is 0 Å². The molecule has 6 nitrogen and oxygen atoms in total. The zero-order valence-electron chi connectivity index (χ0n) is 13.1. The zero-order valence-corrected chi connectivity index (χ0v) is 13.1. The standard InChI is InChI=1S/C18H15N3O3/c1-12-5-6-15(10-16(12)21(23)24)20-17(22)13-3-2-4-14(9-13)18(11-19)7-8-18/h2-6,9-10H,7-8H2,1H3,(H,20,22). The molecular formula is C18H15N3O3. The van der Waals surface area contributed by atoms with Crippen LogP contribution in [0.25, 0.3) is 0 Å². The highest BCUT2D eigenvalue weighted by atomic mass is 16.6. The van der Waals surface area contributed by atoms with Crippen molar-refractivity contribution in [2.75, 3.05) is 5.32 Å². The van der Waals surface area contributed by atoms with Gasteiger partial charge >= 0.3 is 0 Å². The molecule has 0 atom stereocenters. The van der Waals surface area contributed by atoms with Crippen molar-refractivity contribution in [3.05, 3.63) is 69.3 Å². The number of anilines is 1. The van der Waals surface area contributed by atoms with Gasteiger partial charge in [-0.05, 0) is 43.5 Å². The van der Waals surface area contributed by atoms with Gasteiger partial charge in [-0.1, -0.05) is 18.2 Å². The van der Waals surface area contributed by atoms with Crippen LogP contribution in [0.4, 0.5) is 11.4 Å². The molecule has 1 aliphatic rings. The minimum Gasteiger partial charge on any atom is -0.322 e. The minimum atomic E-state index is -0.477. The monoisotopic (exact) mass is 321 g/mol. The second-order valence-corrected chi connectivity index (χ2v) is 5.99. The third-order valence-corrected chi connectivity index (χ3v) is 4.31. The lowest BCUT2D eigenvalue weighted by Crippen LogP contribution is -2.13. The van der Waals surface area contributed by atoms with E-state index in [1.54, 1.807) is 37.3 Å². The quantitative estimate of drug-likeness (QED) is 0.685. The first-order valence-corrected chi connectivity index (χ1v) is 7.53. The summed E-state index contributed by atoms with van der Waals surface area (Å²) in [6, 6.07) is 13.8. The number of nitro groups is 1. The highest BCUT2D eigenvalue weighted by molar-refractivity contribution is 6.04. The van der Waals surface area contributed by atoms with Gasteiger partial charge in [0.25, 0.3) is 11.6 Å². The van der Waals surface area contributed by atoms with Crippen LogP contribution in [0.3, 0.4) is 0 Å². The number of nitrogens with zero attached hydrogens (tertiary/aromatic N) is 2. The summed E-state index contributed by atoms with van der Waals surface area (Å²) in [5.41, 5.74) is 1.67. The third kappa shape index (κ3) is 2.84. The fourth-order valence-corrected chi connectivity index (χ4v) is 2.64. The zero-order chi connectivity index (χ0) is 17.3. The third-order valence-electron chi connectivity index (χ3n) is 4.31. The fourth-order valence-electron chi connectivity index (χ4n) is 2.64. The Bertz CT molecular complexity index is 879. The van der Waals surface area contributed by atoms with Gasteiger partial charge in [0.05, 0.1) is 16.4 Å². The summed E-state index contributed by atoms with van der Waals surface area (Å²) < 4.78 is 0. The Morgan fingerprint density at radius 2 is 2.04 bits per heavy atom. The number of carbonyl (C=O) groups excluding carboxylic acids is 1. The molecule has 0 bridgehead atoms. The predicted molar refractivity (Wildman–Crippen MR) is 88.8 cm³/mol. The number of carbonyl (C=O) groups is 1. The molecule has 1 amide bonds. The SMILES string of the molecule is Cc1ccc(NC(=O)c2cccc(C3(C#N)CC3)c2)cc1[N+](=O)[O-]. The van der Waals surface area contributed by atoms with E-state index in [9.17, 15) is 20.2 Å². The lowest BCUT2D eigenvalue weighted by Gasteiger charge is -2.10. The summed E-state index contributed by atoms with van der Waals surface area (Å²) in [7, 11) is 0. The van der Waals surface area contributed by atoms with Crippen LogP contribution in [-0.4, -0.2) is 10.8 Å². The average molecular weight is 321 g/mol. The van der Waals surface area contributed by atoms with Crippen molar-refractivity contribution in [2.45, 2.75) is 25.2 Å². The molecule has 1 fully saturated rings.